The van der Waals surface area contributed by atoms with Gasteiger partial charge in [0.15, 0.2) is 16.8 Å². The van der Waals surface area contributed by atoms with Crippen LogP contribution in [0.15, 0.2) is 82.3 Å². The minimum Gasteiger partial charge on any atom is -0.510 e. The maximum atomic E-state index is 11.0. The highest BCUT2D eigenvalue weighted by molar-refractivity contribution is 7.99. The van der Waals surface area contributed by atoms with Crippen LogP contribution in [-0.2, 0) is 6.54 Å². The summed E-state index contributed by atoms with van der Waals surface area (Å²) >= 11 is 1.32. The summed E-state index contributed by atoms with van der Waals surface area (Å²) in [6.07, 6.45) is 1.63. The molecule has 3 aromatic heterocycles. The van der Waals surface area contributed by atoms with Crippen molar-refractivity contribution in [2.45, 2.75) is 30.8 Å². The SMILES string of the molecule is Cc1occc1-c1nnc(SC(C)/C(O)=C(\C#N)c2nc3ccccc3[nH]2)n1Cc1ccccc1. The number of rotatable bonds is 7. The monoisotopic (exact) mass is 482 g/mol. The average molecular weight is 483 g/mol. The van der Waals surface area contributed by atoms with Gasteiger partial charge in [0, 0.05) is 0 Å². The Balaban J connectivity index is 1.50. The first-order valence-electron chi connectivity index (χ1n) is 11.0. The normalized spacial score (nSPS) is 12.9. The first-order chi connectivity index (χ1) is 17.0. The summed E-state index contributed by atoms with van der Waals surface area (Å²) in [5.74, 6) is 1.68. The number of aromatic nitrogens is 5. The molecule has 0 bridgehead atoms. The average Bonchev–Trinajstić information content (AvgIpc) is 3.59. The smallest absolute Gasteiger partial charge is 0.192 e. The third-order valence-electron chi connectivity index (χ3n) is 5.66. The summed E-state index contributed by atoms with van der Waals surface area (Å²) in [5.41, 5.74) is 3.56. The van der Waals surface area contributed by atoms with Crippen molar-refractivity contribution >= 4 is 28.4 Å². The van der Waals surface area contributed by atoms with Gasteiger partial charge >= 0.3 is 0 Å². The van der Waals surface area contributed by atoms with Crippen molar-refractivity contribution in [3.05, 3.63) is 89.8 Å². The molecular formula is C26H22N6O2S. The minimum absolute atomic E-state index is 0.0770. The van der Waals surface area contributed by atoms with E-state index in [0.717, 1.165) is 27.9 Å². The van der Waals surface area contributed by atoms with Crippen LogP contribution in [0.3, 0.4) is 0 Å². The van der Waals surface area contributed by atoms with Crippen molar-refractivity contribution < 1.29 is 9.52 Å². The van der Waals surface area contributed by atoms with E-state index in [0.29, 0.717) is 23.4 Å². The van der Waals surface area contributed by atoms with Gasteiger partial charge in [-0.3, -0.25) is 4.57 Å². The Labute approximate surface area is 206 Å². The Kier molecular flexibility index (Phi) is 6.12. The zero-order chi connectivity index (χ0) is 24.4. The maximum absolute atomic E-state index is 11.0. The molecule has 3 heterocycles. The van der Waals surface area contributed by atoms with Gasteiger partial charge in [0.2, 0.25) is 0 Å². The van der Waals surface area contributed by atoms with Crippen LogP contribution in [0, 0.1) is 18.3 Å². The number of para-hydroxylation sites is 2. The Morgan fingerprint density at radius 1 is 1.14 bits per heavy atom. The van der Waals surface area contributed by atoms with E-state index in [1.807, 2.05) is 79.1 Å². The molecule has 0 aliphatic heterocycles. The molecule has 0 saturated heterocycles. The molecule has 0 saturated carbocycles. The third kappa shape index (κ3) is 4.44. The number of aryl methyl sites for hydroxylation is 1. The van der Waals surface area contributed by atoms with Gasteiger partial charge in [-0.15, -0.1) is 10.2 Å². The summed E-state index contributed by atoms with van der Waals surface area (Å²) in [5, 5.41) is 29.8. The maximum Gasteiger partial charge on any atom is 0.192 e. The number of thioether (sulfide) groups is 1. The van der Waals surface area contributed by atoms with E-state index in [9.17, 15) is 10.4 Å². The van der Waals surface area contributed by atoms with Crippen LogP contribution in [0.25, 0.3) is 28.0 Å². The first-order valence-corrected chi connectivity index (χ1v) is 11.9. The van der Waals surface area contributed by atoms with Gasteiger partial charge in [0.25, 0.3) is 0 Å². The van der Waals surface area contributed by atoms with Crippen molar-refractivity contribution in [1.82, 2.24) is 24.7 Å². The molecular weight excluding hydrogens is 460 g/mol. The number of furan rings is 1. The quantitative estimate of drug-likeness (QED) is 0.172. The Bertz CT molecular complexity index is 1520. The van der Waals surface area contributed by atoms with E-state index in [-0.39, 0.29) is 11.3 Å². The molecule has 5 aromatic rings. The van der Waals surface area contributed by atoms with E-state index in [1.54, 1.807) is 6.26 Å². The number of hydrogen-bond donors (Lipinski definition) is 2. The highest BCUT2D eigenvalue weighted by Gasteiger charge is 2.24. The first kappa shape index (κ1) is 22.5. The Hall–Kier alpha value is -4.29. The second-order valence-corrected chi connectivity index (χ2v) is 9.31. The van der Waals surface area contributed by atoms with Crippen molar-refractivity contribution in [2.24, 2.45) is 0 Å². The van der Waals surface area contributed by atoms with Crippen LogP contribution in [0.4, 0.5) is 0 Å². The largest absolute Gasteiger partial charge is 0.510 e. The fourth-order valence-corrected chi connectivity index (χ4v) is 4.73. The molecule has 35 heavy (non-hydrogen) atoms. The molecule has 0 aliphatic rings. The number of H-pyrrole nitrogens is 1. The number of aliphatic hydroxyl groups is 1. The lowest BCUT2D eigenvalue weighted by atomic mass is 10.2. The number of nitriles is 1. The molecule has 9 heteroatoms. The molecule has 1 unspecified atom stereocenters. The minimum atomic E-state index is -0.477. The highest BCUT2D eigenvalue weighted by atomic mass is 32.2. The second kappa shape index (κ2) is 9.52. The predicted octanol–water partition coefficient (Wildman–Crippen LogP) is 5.74. The molecule has 0 fully saturated rings. The summed E-state index contributed by atoms with van der Waals surface area (Å²) in [4.78, 5) is 7.58. The molecule has 0 radical (unpaired) electrons. The van der Waals surface area contributed by atoms with Gasteiger partial charge in [0.05, 0.1) is 34.7 Å². The molecule has 0 aliphatic carbocycles. The summed E-state index contributed by atoms with van der Waals surface area (Å²) in [6, 6.07) is 21.5. The lowest BCUT2D eigenvalue weighted by molar-refractivity contribution is 0.401. The fraction of sp³-hybridized carbons (Fsp3) is 0.154. The lowest BCUT2D eigenvalue weighted by Crippen LogP contribution is -2.09. The van der Waals surface area contributed by atoms with Crippen LogP contribution in [0.1, 0.15) is 24.1 Å². The number of imidazole rings is 1. The molecule has 1 atom stereocenters. The number of aromatic amines is 1. The zero-order valence-electron chi connectivity index (χ0n) is 19.1. The van der Waals surface area contributed by atoms with Gasteiger partial charge < -0.3 is 14.5 Å². The van der Waals surface area contributed by atoms with Crippen molar-refractivity contribution in [3.63, 3.8) is 0 Å². The van der Waals surface area contributed by atoms with E-state index < -0.39 is 5.25 Å². The fourth-order valence-electron chi connectivity index (χ4n) is 3.82. The van der Waals surface area contributed by atoms with E-state index >= 15 is 0 Å². The summed E-state index contributed by atoms with van der Waals surface area (Å²) < 4.78 is 7.49. The molecule has 2 aromatic carbocycles. The topological polar surface area (TPSA) is 117 Å². The molecule has 0 spiro atoms. The van der Waals surface area contributed by atoms with E-state index in [2.05, 4.69) is 26.2 Å². The van der Waals surface area contributed by atoms with Gasteiger partial charge in [-0.1, -0.05) is 54.2 Å². The summed E-state index contributed by atoms with van der Waals surface area (Å²) in [7, 11) is 0. The number of benzene rings is 2. The van der Waals surface area contributed by atoms with Crippen LogP contribution < -0.4 is 0 Å². The highest BCUT2D eigenvalue weighted by Crippen LogP contribution is 2.33. The number of nitrogens with one attached hydrogen (secondary N) is 1. The number of nitrogens with zero attached hydrogens (tertiary/aromatic N) is 5. The standard InChI is InChI=1S/C26H22N6O2S/c1-16-19(12-13-34-16)25-30-31-26(32(25)15-18-8-4-3-5-9-18)35-17(2)23(33)20(14-27)24-28-21-10-6-7-11-22(21)29-24/h3-13,17,33H,15H2,1-2H3,(H,28,29)/b23-20-. The lowest BCUT2D eigenvalue weighted by Gasteiger charge is -2.14. The second-order valence-electron chi connectivity index (χ2n) is 8.00. The summed E-state index contributed by atoms with van der Waals surface area (Å²) in [6.45, 7) is 4.25. The number of fused-ring (bicyclic) bond motifs is 1. The molecule has 8 nitrogen and oxygen atoms in total. The zero-order valence-corrected chi connectivity index (χ0v) is 20.0. The third-order valence-corrected chi connectivity index (χ3v) is 6.75. The molecule has 0 amide bonds. The molecule has 5 rings (SSSR count). The van der Waals surface area contributed by atoms with Crippen LogP contribution in [-0.4, -0.2) is 35.1 Å². The van der Waals surface area contributed by atoms with Crippen LogP contribution >= 0.6 is 11.8 Å². The van der Waals surface area contributed by atoms with E-state index in [1.165, 1.54) is 11.8 Å². The van der Waals surface area contributed by atoms with Gasteiger partial charge in [-0.2, -0.15) is 5.26 Å². The number of aliphatic hydroxyl groups excluding tert-OH is 1. The Morgan fingerprint density at radius 2 is 1.91 bits per heavy atom. The van der Waals surface area contributed by atoms with Crippen molar-refractivity contribution in [1.29, 1.82) is 5.26 Å². The Morgan fingerprint density at radius 3 is 2.63 bits per heavy atom. The predicted molar refractivity (Wildman–Crippen MR) is 135 cm³/mol. The van der Waals surface area contributed by atoms with Crippen LogP contribution in [0.2, 0.25) is 0 Å². The van der Waals surface area contributed by atoms with Gasteiger partial charge in [-0.25, -0.2) is 4.98 Å². The van der Waals surface area contributed by atoms with Crippen molar-refractivity contribution in [2.75, 3.05) is 0 Å². The van der Waals surface area contributed by atoms with Gasteiger partial charge in [0.1, 0.15) is 23.2 Å². The van der Waals surface area contributed by atoms with Gasteiger partial charge in [-0.05, 0) is 37.6 Å². The number of allylic oxidation sites excluding steroid dienone is 1. The molecule has 174 valence electrons. The van der Waals surface area contributed by atoms with E-state index in [4.69, 9.17) is 4.42 Å². The number of hydrogen-bond acceptors (Lipinski definition) is 7. The van der Waals surface area contributed by atoms with Crippen LogP contribution in [0.5, 0.6) is 0 Å². The molecule has 2 N–H and O–H groups in total. The van der Waals surface area contributed by atoms with Crippen molar-refractivity contribution in [3.8, 4) is 17.5 Å².